The normalized spacial score (nSPS) is 23.0. The van der Waals surface area contributed by atoms with E-state index in [1.54, 1.807) is 4.90 Å². The van der Waals surface area contributed by atoms with Gasteiger partial charge in [-0.15, -0.1) is 0 Å². The molecule has 3 rings (SSSR count). The third kappa shape index (κ3) is 5.57. The number of nitrogens with one attached hydrogen (secondary N) is 1. The minimum atomic E-state index is -0.470. The van der Waals surface area contributed by atoms with Gasteiger partial charge < -0.3 is 24.6 Å². The molecule has 1 N–H and O–H groups in total. The second-order valence-corrected chi connectivity index (χ2v) is 8.89. The second-order valence-electron chi connectivity index (χ2n) is 8.45. The Hall–Kier alpha value is -1.34. The average molecular weight is 396 g/mol. The van der Waals surface area contributed by atoms with E-state index in [1.165, 1.54) is 0 Å². The van der Waals surface area contributed by atoms with Crippen molar-refractivity contribution in [3.8, 4) is 0 Å². The van der Waals surface area contributed by atoms with Crippen LogP contribution in [-0.4, -0.2) is 73.5 Å². The summed E-state index contributed by atoms with van der Waals surface area (Å²) in [5.41, 5.74) is 0.678. The predicted octanol–water partition coefficient (Wildman–Crippen LogP) is 2.92. The first-order chi connectivity index (χ1) is 12.7. The summed E-state index contributed by atoms with van der Waals surface area (Å²) in [6, 6.07) is 8.17. The molecule has 1 amide bonds. The lowest BCUT2D eigenvalue weighted by molar-refractivity contribution is -0.0471. The third-order valence-corrected chi connectivity index (χ3v) is 5.10. The molecule has 0 saturated carbocycles. The van der Waals surface area contributed by atoms with Crippen LogP contribution in [0.3, 0.4) is 0 Å². The SMILES string of the molecule is CN1CCO[C@@H]([C@@H](NC2CN(C(=O)OC(C)(C)C)C2)c2ccc(Cl)cc2)C1. The minimum Gasteiger partial charge on any atom is -0.444 e. The Morgan fingerprint density at radius 3 is 2.52 bits per heavy atom. The van der Waals surface area contributed by atoms with Crippen molar-refractivity contribution in [1.82, 2.24) is 15.1 Å². The zero-order chi connectivity index (χ0) is 19.6. The quantitative estimate of drug-likeness (QED) is 0.849. The fraction of sp³-hybridized carbons (Fsp3) is 0.650. The first kappa shape index (κ1) is 20.4. The van der Waals surface area contributed by atoms with Gasteiger partial charge in [-0.1, -0.05) is 23.7 Å². The number of nitrogens with zero attached hydrogens (tertiary/aromatic N) is 2. The Kier molecular flexibility index (Phi) is 6.31. The van der Waals surface area contributed by atoms with Crippen molar-refractivity contribution in [3.05, 3.63) is 34.9 Å². The van der Waals surface area contributed by atoms with Gasteiger partial charge in [0, 0.05) is 37.2 Å². The number of hydrogen-bond acceptors (Lipinski definition) is 5. The molecule has 0 radical (unpaired) electrons. The van der Waals surface area contributed by atoms with Gasteiger partial charge in [0.2, 0.25) is 0 Å². The van der Waals surface area contributed by atoms with Crippen LogP contribution in [0, 0.1) is 0 Å². The topological polar surface area (TPSA) is 54.0 Å². The maximum atomic E-state index is 12.2. The fourth-order valence-corrected chi connectivity index (χ4v) is 3.54. The van der Waals surface area contributed by atoms with Gasteiger partial charge in [-0.05, 0) is 45.5 Å². The second kappa shape index (κ2) is 8.35. The van der Waals surface area contributed by atoms with Crippen molar-refractivity contribution in [3.63, 3.8) is 0 Å². The van der Waals surface area contributed by atoms with E-state index in [2.05, 4.69) is 17.3 Å². The Balaban J connectivity index is 1.63. The molecule has 0 spiro atoms. The highest BCUT2D eigenvalue weighted by Crippen LogP contribution is 2.26. The predicted molar refractivity (Wildman–Crippen MR) is 106 cm³/mol. The molecule has 2 fully saturated rings. The Morgan fingerprint density at radius 1 is 1.26 bits per heavy atom. The average Bonchev–Trinajstić information content (AvgIpc) is 2.53. The van der Waals surface area contributed by atoms with Crippen LogP contribution < -0.4 is 5.32 Å². The van der Waals surface area contributed by atoms with Crippen LogP contribution in [0.4, 0.5) is 4.79 Å². The van der Waals surface area contributed by atoms with Crippen LogP contribution in [0.25, 0.3) is 0 Å². The van der Waals surface area contributed by atoms with E-state index in [0.29, 0.717) is 13.1 Å². The van der Waals surface area contributed by atoms with E-state index in [0.717, 1.165) is 30.3 Å². The van der Waals surface area contributed by atoms with Crippen molar-refractivity contribution in [1.29, 1.82) is 0 Å². The number of likely N-dealkylation sites (tertiary alicyclic amines) is 1. The Labute approximate surface area is 166 Å². The zero-order valence-corrected chi connectivity index (χ0v) is 17.3. The van der Waals surface area contributed by atoms with E-state index in [4.69, 9.17) is 21.1 Å². The van der Waals surface area contributed by atoms with Gasteiger partial charge in [0.25, 0.3) is 0 Å². The van der Waals surface area contributed by atoms with E-state index < -0.39 is 5.60 Å². The monoisotopic (exact) mass is 395 g/mol. The van der Waals surface area contributed by atoms with E-state index >= 15 is 0 Å². The van der Waals surface area contributed by atoms with Gasteiger partial charge in [-0.25, -0.2) is 4.79 Å². The molecule has 0 bridgehead atoms. The van der Waals surface area contributed by atoms with Gasteiger partial charge in [0.05, 0.1) is 18.8 Å². The lowest BCUT2D eigenvalue weighted by Crippen LogP contribution is -2.62. The Morgan fingerprint density at radius 2 is 1.93 bits per heavy atom. The van der Waals surface area contributed by atoms with Gasteiger partial charge in [-0.2, -0.15) is 0 Å². The number of likely N-dealkylation sites (N-methyl/N-ethyl adjacent to an activating group) is 1. The highest BCUT2D eigenvalue weighted by Gasteiger charge is 2.37. The number of carbonyl (C=O) groups is 1. The molecule has 27 heavy (non-hydrogen) atoms. The van der Waals surface area contributed by atoms with Crippen LogP contribution in [0.5, 0.6) is 0 Å². The van der Waals surface area contributed by atoms with Gasteiger partial charge in [0.1, 0.15) is 5.60 Å². The molecule has 2 saturated heterocycles. The number of hydrogen-bond donors (Lipinski definition) is 1. The third-order valence-electron chi connectivity index (χ3n) is 4.85. The fourth-order valence-electron chi connectivity index (χ4n) is 3.41. The molecule has 2 aliphatic rings. The summed E-state index contributed by atoms with van der Waals surface area (Å²) in [6.45, 7) is 9.46. The van der Waals surface area contributed by atoms with Crippen LogP contribution in [-0.2, 0) is 9.47 Å². The highest BCUT2D eigenvalue weighted by molar-refractivity contribution is 6.30. The smallest absolute Gasteiger partial charge is 0.410 e. The van der Waals surface area contributed by atoms with Gasteiger partial charge in [-0.3, -0.25) is 0 Å². The molecule has 7 heteroatoms. The number of rotatable bonds is 4. The van der Waals surface area contributed by atoms with E-state index in [1.807, 2.05) is 45.0 Å². The first-order valence-electron chi connectivity index (χ1n) is 9.51. The zero-order valence-electron chi connectivity index (χ0n) is 16.6. The maximum Gasteiger partial charge on any atom is 0.410 e. The largest absolute Gasteiger partial charge is 0.444 e. The molecule has 2 atom stereocenters. The summed E-state index contributed by atoms with van der Waals surface area (Å²) in [5, 5.41) is 4.40. The molecule has 1 aromatic carbocycles. The molecular formula is C20H30ClN3O3. The lowest BCUT2D eigenvalue weighted by Gasteiger charge is -2.44. The van der Waals surface area contributed by atoms with Crippen LogP contribution in [0.1, 0.15) is 32.4 Å². The number of halogens is 1. The van der Waals surface area contributed by atoms with Crippen LogP contribution >= 0.6 is 11.6 Å². The van der Waals surface area contributed by atoms with Crippen molar-refractivity contribution in [2.75, 3.05) is 39.8 Å². The molecule has 150 valence electrons. The van der Waals surface area contributed by atoms with Crippen molar-refractivity contribution < 1.29 is 14.3 Å². The van der Waals surface area contributed by atoms with Crippen LogP contribution in [0.15, 0.2) is 24.3 Å². The standard InChI is InChI=1S/C20H30ClN3O3/c1-20(2,3)27-19(25)24-11-16(12-24)22-18(14-5-7-15(21)8-6-14)17-13-23(4)9-10-26-17/h5-8,16-18,22H,9-13H2,1-4H3/t17-,18+/m1/s1. The summed E-state index contributed by atoms with van der Waals surface area (Å²) >= 11 is 6.06. The summed E-state index contributed by atoms with van der Waals surface area (Å²) in [6.07, 6.45) is -0.197. The molecular weight excluding hydrogens is 366 g/mol. The highest BCUT2D eigenvalue weighted by atomic mass is 35.5. The lowest BCUT2D eigenvalue weighted by atomic mass is 9.97. The summed E-state index contributed by atoms with van der Waals surface area (Å²) in [7, 11) is 2.11. The summed E-state index contributed by atoms with van der Waals surface area (Å²) in [4.78, 5) is 16.2. The number of amides is 1. The molecule has 1 aromatic rings. The molecule has 2 aliphatic heterocycles. The maximum absolute atomic E-state index is 12.2. The number of morpholine rings is 1. The summed E-state index contributed by atoms with van der Waals surface area (Å²) in [5.74, 6) is 0. The summed E-state index contributed by atoms with van der Waals surface area (Å²) < 4.78 is 11.5. The Bertz CT molecular complexity index is 641. The number of carbonyl (C=O) groups excluding carboxylic acids is 1. The van der Waals surface area contributed by atoms with Gasteiger partial charge >= 0.3 is 6.09 Å². The molecule has 2 heterocycles. The van der Waals surface area contributed by atoms with Crippen molar-refractivity contribution in [2.45, 2.75) is 44.6 Å². The van der Waals surface area contributed by atoms with E-state index in [-0.39, 0.29) is 24.3 Å². The van der Waals surface area contributed by atoms with Crippen LogP contribution in [0.2, 0.25) is 5.02 Å². The van der Waals surface area contributed by atoms with Crippen molar-refractivity contribution in [2.24, 2.45) is 0 Å². The van der Waals surface area contributed by atoms with Gasteiger partial charge in [0.15, 0.2) is 0 Å². The molecule has 6 nitrogen and oxygen atoms in total. The molecule has 0 aliphatic carbocycles. The van der Waals surface area contributed by atoms with E-state index in [9.17, 15) is 4.79 Å². The van der Waals surface area contributed by atoms with Crippen molar-refractivity contribution >= 4 is 17.7 Å². The first-order valence-corrected chi connectivity index (χ1v) is 9.88. The minimum absolute atomic E-state index is 0.0517. The number of benzene rings is 1. The molecule has 0 aromatic heterocycles. The molecule has 0 unspecified atom stereocenters. The number of ether oxygens (including phenoxy) is 2.